The summed E-state index contributed by atoms with van der Waals surface area (Å²) in [5, 5.41) is 0. The lowest BCUT2D eigenvalue weighted by Gasteiger charge is -2.31. The van der Waals surface area contributed by atoms with Gasteiger partial charge in [0.05, 0.1) is 0 Å². The second-order valence-corrected chi connectivity index (χ2v) is 4.94. The van der Waals surface area contributed by atoms with Crippen LogP contribution in [0.5, 0.6) is 0 Å². The molecule has 0 saturated heterocycles. The first kappa shape index (κ1) is 14.9. The average molecular weight is 216 g/mol. The summed E-state index contributed by atoms with van der Waals surface area (Å²) in [4.78, 5) is 2.47. The third-order valence-corrected chi connectivity index (χ3v) is 2.72. The van der Waals surface area contributed by atoms with Gasteiger partial charge in [-0.05, 0) is 37.9 Å². The molecule has 15 heavy (non-hydrogen) atoms. The number of nitrogens with zero attached hydrogens (tertiary/aromatic N) is 1. The summed E-state index contributed by atoms with van der Waals surface area (Å²) in [5.74, 6) is 0. The van der Waals surface area contributed by atoms with E-state index in [0.29, 0.717) is 0 Å². The molecule has 0 atom stereocenters. The fourth-order valence-electron chi connectivity index (χ4n) is 1.60. The first-order chi connectivity index (χ1) is 7.05. The number of methoxy groups -OCH3 is 1. The molecule has 0 unspecified atom stereocenters. The Labute approximate surface area is 95.0 Å². The Hall–Kier alpha value is -0.120. The third-order valence-electron chi connectivity index (χ3n) is 2.72. The van der Waals surface area contributed by atoms with Crippen LogP contribution in [-0.4, -0.2) is 44.8 Å². The molecule has 0 spiro atoms. The molecule has 0 fully saturated rings. The molecule has 3 heteroatoms. The van der Waals surface area contributed by atoms with E-state index < -0.39 is 0 Å². The Bertz CT molecular complexity index is 149. The van der Waals surface area contributed by atoms with E-state index in [-0.39, 0.29) is 5.41 Å². The van der Waals surface area contributed by atoms with Gasteiger partial charge < -0.3 is 15.4 Å². The summed E-state index contributed by atoms with van der Waals surface area (Å²) >= 11 is 0. The van der Waals surface area contributed by atoms with Gasteiger partial charge in [-0.2, -0.15) is 0 Å². The first-order valence-corrected chi connectivity index (χ1v) is 5.97. The van der Waals surface area contributed by atoms with Crippen molar-refractivity contribution in [3.63, 3.8) is 0 Å². The largest absolute Gasteiger partial charge is 0.385 e. The molecule has 92 valence electrons. The zero-order chi connectivity index (χ0) is 11.7. The predicted octanol–water partition coefficient (Wildman–Crippen LogP) is 1.72. The normalized spacial score (nSPS) is 12.4. The molecule has 3 nitrogen and oxygen atoms in total. The maximum atomic E-state index is 5.74. The Balaban J connectivity index is 3.72. The van der Waals surface area contributed by atoms with Crippen LogP contribution in [0.4, 0.5) is 0 Å². The molecular weight excluding hydrogens is 188 g/mol. The lowest BCUT2D eigenvalue weighted by atomic mass is 9.93. The molecule has 0 bridgehead atoms. The molecule has 0 aliphatic heterocycles. The van der Waals surface area contributed by atoms with Crippen molar-refractivity contribution in [2.24, 2.45) is 11.1 Å². The molecule has 0 saturated carbocycles. The molecule has 0 aromatic rings. The van der Waals surface area contributed by atoms with Gasteiger partial charge in [-0.15, -0.1) is 0 Å². The van der Waals surface area contributed by atoms with Crippen molar-refractivity contribution in [1.82, 2.24) is 4.90 Å². The van der Waals surface area contributed by atoms with Crippen LogP contribution in [0.1, 0.15) is 33.6 Å². The van der Waals surface area contributed by atoms with Gasteiger partial charge in [0.1, 0.15) is 0 Å². The van der Waals surface area contributed by atoms with E-state index in [4.69, 9.17) is 10.5 Å². The zero-order valence-electron chi connectivity index (χ0n) is 10.9. The molecule has 0 aromatic heterocycles. The van der Waals surface area contributed by atoms with Crippen molar-refractivity contribution in [2.75, 3.05) is 39.9 Å². The van der Waals surface area contributed by atoms with E-state index in [1.165, 1.54) is 6.42 Å². The van der Waals surface area contributed by atoms with Crippen molar-refractivity contribution in [3.8, 4) is 0 Å². The molecular formula is C12H28N2O. The minimum atomic E-state index is 0.233. The van der Waals surface area contributed by atoms with Crippen LogP contribution in [-0.2, 0) is 4.74 Å². The van der Waals surface area contributed by atoms with Gasteiger partial charge in [0.25, 0.3) is 0 Å². The lowest BCUT2D eigenvalue weighted by molar-refractivity contribution is 0.166. The fraction of sp³-hybridized carbons (Fsp3) is 1.00. The summed E-state index contributed by atoms with van der Waals surface area (Å²) in [6, 6.07) is 0. The number of nitrogens with two attached hydrogens (primary N) is 1. The van der Waals surface area contributed by atoms with Crippen LogP contribution < -0.4 is 5.73 Å². The van der Waals surface area contributed by atoms with E-state index in [1.807, 2.05) is 0 Å². The topological polar surface area (TPSA) is 38.5 Å². The van der Waals surface area contributed by atoms with E-state index in [9.17, 15) is 0 Å². The summed E-state index contributed by atoms with van der Waals surface area (Å²) in [7, 11) is 1.76. The van der Waals surface area contributed by atoms with E-state index in [0.717, 1.165) is 39.2 Å². The molecule has 2 N–H and O–H groups in total. The number of hydrogen-bond donors (Lipinski definition) is 1. The number of rotatable bonds is 9. The second kappa shape index (κ2) is 8.08. The van der Waals surface area contributed by atoms with Gasteiger partial charge in [-0.1, -0.05) is 20.8 Å². The maximum Gasteiger partial charge on any atom is 0.0462 e. The van der Waals surface area contributed by atoms with E-state index >= 15 is 0 Å². The maximum absolute atomic E-state index is 5.74. The van der Waals surface area contributed by atoms with Gasteiger partial charge in [0.15, 0.2) is 0 Å². The van der Waals surface area contributed by atoms with Crippen molar-refractivity contribution >= 4 is 0 Å². The van der Waals surface area contributed by atoms with Gasteiger partial charge in [0.2, 0.25) is 0 Å². The van der Waals surface area contributed by atoms with Gasteiger partial charge in [0, 0.05) is 20.3 Å². The molecule has 0 amide bonds. The van der Waals surface area contributed by atoms with Crippen molar-refractivity contribution in [2.45, 2.75) is 33.6 Å². The highest BCUT2D eigenvalue weighted by Gasteiger charge is 2.18. The quantitative estimate of drug-likeness (QED) is 0.596. The SMILES string of the molecule is CCN(CCCCOC)CC(C)(C)CN. The Kier molecular flexibility index (Phi) is 8.02. The standard InChI is InChI=1S/C12H28N2O/c1-5-14(8-6-7-9-15-4)11-12(2,3)10-13/h5-11,13H2,1-4H3. The zero-order valence-corrected chi connectivity index (χ0v) is 10.9. The van der Waals surface area contributed by atoms with Crippen molar-refractivity contribution in [3.05, 3.63) is 0 Å². The van der Waals surface area contributed by atoms with Crippen LogP contribution in [0.3, 0.4) is 0 Å². The van der Waals surface area contributed by atoms with Gasteiger partial charge >= 0.3 is 0 Å². The fourth-order valence-corrected chi connectivity index (χ4v) is 1.60. The summed E-state index contributed by atoms with van der Waals surface area (Å²) in [6.45, 7) is 11.6. The molecule has 0 aliphatic rings. The number of hydrogen-bond acceptors (Lipinski definition) is 3. The second-order valence-electron chi connectivity index (χ2n) is 4.94. The Morgan fingerprint density at radius 1 is 1.27 bits per heavy atom. The molecule has 0 radical (unpaired) electrons. The third kappa shape index (κ3) is 7.77. The highest BCUT2D eigenvalue weighted by molar-refractivity contribution is 4.74. The smallest absolute Gasteiger partial charge is 0.0462 e. The average Bonchev–Trinajstić information content (AvgIpc) is 2.22. The monoisotopic (exact) mass is 216 g/mol. The van der Waals surface area contributed by atoms with Crippen LogP contribution >= 0.6 is 0 Å². The number of unbranched alkanes of at least 4 members (excludes halogenated alkanes) is 1. The highest BCUT2D eigenvalue weighted by Crippen LogP contribution is 2.14. The van der Waals surface area contributed by atoms with Crippen LogP contribution in [0.15, 0.2) is 0 Å². The highest BCUT2D eigenvalue weighted by atomic mass is 16.5. The summed E-state index contributed by atoms with van der Waals surface area (Å²) in [5.41, 5.74) is 5.97. The molecule has 0 aliphatic carbocycles. The molecule has 0 aromatic carbocycles. The number of ether oxygens (including phenoxy) is 1. The molecule has 0 rings (SSSR count). The van der Waals surface area contributed by atoms with E-state index in [2.05, 4.69) is 25.7 Å². The Morgan fingerprint density at radius 2 is 1.93 bits per heavy atom. The van der Waals surface area contributed by atoms with Gasteiger partial charge in [-0.25, -0.2) is 0 Å². The summed E-state index contributed by atoms with van der Waals surface area (Å²) in [6.07, 6.45) is 2.36. The Morgan fingerprint density at radius 3 is 2.40 bits per heavy atom. The first-order valence-electron chi connectivity index (χ1n) is 5.97. The van der Waals surface area contributed by atoms with Crippen LogP contribution in [0, 0.1) is 5.41 Å². The van der Waals surface area contributed by atoms with Crippen LogP contribution in [0.2, 0.25) is 0 Å². The lowest BCUT2D eigenvalue weighted by Crippen LogP contribution is -2.39. The van der Waals surface area contributed by atoms with E-state index in [1.54, 1.807) is 7.11 Å². The molecule has 0 heterocycles. The van der Waals surface area contributed by atoms with Crippen molar-refractivity contribution < 1.29 is 4.74 Å². The van der Waals surface area contributed by atoms with Crippen molar-refractivity contribution in [1.29, 1.82) is 0 Å². The minimum absolute atomic E-state index is 0.233. The van der Waals surface area contributed by atoms with Crippen LogP contribution in [0.25, 0.3) is 0 Å². The van der Waals surface area contributed by atoms with Gasteiger partial charge in [-0.3, -0.25) is 0 Å². The predicted molar refractivity (Wildman–Crippen MR) is 66.1 cm³/mol. The minimum Gasteiger partial charge on any atom is -0.385 e. The summed E-state index contributed by atoms with van der Waals surface area (Å²) < 4.78 is 5.04.